The zero-order chi connectivity index (χ0) is 25.7. The van der Waals surface area contributed by atoms with Crippen LogP contribution in [0.15, 0.2) is 42.5 Å². The minimum absolute atomic E-state index is 0.150. The molecule has 0 aromatic heterocycles. The normalized spacial score (nSPS) is 18.2. The lowest BCUT2D eigenvalue weighted by molar-refractivity contribution is -0.0546. The van der Waals surface area contributed by atoms with Gasteiger partial charge in [-0.2, -0.15) is 8.78 Å². The van der Waals surface area contributed by atoms with Gasteiger partial charge in [0.05, 0.1) is 0 Å². The maximum Gasteiger partial charge on any atom is 0.387 e. The smallest absolute Gasteiger partial charge is 0.387 e. The summed E-state index contributed by atoms with van der Waals surface area (Å²) in [6.45, 7) is -2.51. The molecule has 1 aliphatic rings. The second-order valence-corrected chi connectivity index (χ2v) is 9.64. The molecule has 0 aliphatic heterocycles. The van der Waals surface area contributed by atoms with Crippen LogP contribution in [0.25, 0.3) is 10.8 Å². The summed E-state index contributed by atoms with van der Waals surface area (Å²) in [5.41, 5.74) is 1.90. The summed E-state index contributed by atoms with van der Waals surface area (Å²) >= 11 is 0. The summed E-state index contributed by atoms with van der Waals surface area (Å²) in [7, 11) is 1.74. The zero-order valence-corrected chi connectivity index (χ0v) is 20.3. The number of benzene rings is 3. The number of ether oxygens (including phenoxy) is 2. The van der Waals surface area contributed by atoms with Crippen molar-refractivity contribution in [3.63, 3.8) is 0 Å². The molecule has 3 aromatic carbocycles. The number of hydrogen-bond acceptors (Lipinski definition) is 2. The highest BCUT2D eigenvalue weighted by molar-refractivity contribution is 5.84. The molecule has 0 heterocycles. The highest BCUT2D eigenvalue weighted by atomic mass is 19.3. The molecule has 0 bridgehead atoms. The van der Waals surface area contributed by atoms with Gasteiger partial charge in [0, 0.05) is 19.1 Å². The molecule has 36 heavy (non-hydrogen) atoms. The van der Waals surface area contributed by atoms with Crippen LogP contribution >= 0.6 is 0 Å². The Morgan fingerprint density at radius 3 is 2.28 bits per heavy atom. The Hall–Kier alpha value is -2.67. The highest BCUT2D eigenvalue weighted by Crippen LogP contribution is 2.38. The topological polar surface area (TPSA) is 18.5 Å². The van der Waals surface area contributed by atoms with E-state index in [-0.39, 0.29) is 24.2 Å². The molecule has 2 nitrogen and oxygen atoms in total. The van der Waals surface area contributed by atoms with Gasteiger partial charge in [0.1, 0.15) is 5.82 Å². The maximum absolute atomic E-state index is 15.2. The minimum Gasteiger partial charge on any atom is -0.429 e. The molecule has 1 saturated carbocycles. The fourth-order valence-electron chi connectivity index (χ4n) is 5.34. The fraction of sp³-hybridized carbons (Fsp3) is 0.448. The highest BCUT2D eigenvalue weighted by Gasteiger charge is 2.23. The number of alkyl halides is 2. The molecule has 1 fully saturated rings. The Morgan fingerprint density at radius 1 is 0.889 bits per heavy atom. The van der Waals surface area contributed by atoms with Gasteiger partial charge in [-0.05, 0) is 97.4 Å². The quantitative estimate of drug-likeness (QED) is 0.203. The zero-order valence-electron chi connectivity index (χ0n) is 20.3. The molecule has 0 spiro atoms. The van der Waals surface area contributed by atoms with Gasteiger partial charge in [0.25, 0.3) is 0 Å². The van der Waals surface area contributed by atoms with E-state index in [2.05, 4.69) is 10.8 Å². The Morgan fingerprint density at radius 2 is 1.61 bits per heavy atom. The van der Waals surface area contributed by atoms with Crippen LogP contribution < -0.4 is 4.74 Å². The summed E-state index contributed by atoms with van der Waals surface area (Å²) in [5.74, 6) is -2.63. The lowest BCUT2D eigenvalue weighted by atomic mass is 9.77. The number of halogens is 5. The van der Waals surface area contributed by atoms with E-state index in [1.165, 1.54) is 24.8 Å². The standard InChI is InChI=1S/C29H31F5O2/c1-35-14-2-3-18-4-7-20(8-5-18)22-12-13-24-23(17-22)11-10-21(27(24)32)9-6-19-15-25(30)28(26(31)16-19)36-29(33)34/h10-13,15-18,20,29H,2-9,14H2,1H3. The third-order valence-corrected chi connectivity index (χ3v) is 7.29. The van der Waals surface area contributed by atoms with E-state index in [4.69, 9.17) is 4.74 Å². The van der Waals surface area contributed by atoms with Crippen molar-refractivity contribution < 1.29 is 31.4 Å². The van der Waals surface area contributed by atoms with Crippen molar-refractivity contribution in [2.24, 2.45) is 5.92 Å². The predicted molar refractivity (Wildman–Crippen MR) is 130 cm³/mol. The van der Waals surface area contributed by atoms with Crippen molar-refractivity contribution in [2.75, 3.05) is 13.7 Å². The molecule has 1 aliphatic carbocycles. The van der Waals surface area contributed by atoms with Crippen molar-refractivity contribution >= 4 is 10.8 Å². The molecule has 0 unspecified atom stereocenters. The number of fused-ring (bicyclic) bond motifs is 1. The molecular weight excluding hydrogens is 475 g/mol. The second kappa shape index (κ2) is 12.0. The average Bonchev–Trinajstić information content (AvgIpc) is 2.86. The monoisotopic (exact) mass is 506 g/mol. The molecule has 0 atom stereocenters. The van der Waals surface area contributed by atoms with E-state index >= 15 is 4.39 Å². The summed E-state index contributed by atoms with van der Waals surface area (Å²) in [6, 6.07) is 11.4. The van der Waals surface area contributed by atoms with Crippen LogP contribution in [-0.2, 0) is 17.6 Å². The maximum atomic E-state index is 15.2. The summed E-state index contributed by atoms with van der Waals surface area (Å²) in [4.78, 5) is 0. The summed E-state index contributed by atoms with van der Waals surface area (Å²) in [5, 5.41) is 1.35. The summed E-state index contributed by atoms with van der Waals surface area (Å²) < 4.78 is 76.9. The van der Waals surface area contributed by atoms with Gasteiger partial charge in [0.2, 0.25) is 0 Å². The molecule has 4 rings (SSSR count). The van der Waals surface area contributed by atoms with Gasteiger partial charge < -0.3 is 9.47 Å². The van der Waals surface area contributed by atoms with Crippen LogP contribution in [0, 0.1) is 23.4 Å². The van der Waals surface area contributed by atoms with Crippen LogP contribution in [0.4, 0.5) is 22.0 Å². The van der Waals surface area contributed by atoms with Crippen LogP contribution in [0.5, 0.6) is 5.75 Å². The van der Waals surface area contributed by atoms with E-state index in [0.29, 0.717) is 16.9 Å². The van der Waals surface area contributed by atoms with E-state index < -0.39 is 24.0 Å². The van der Waals surface area contributed by atoms with Crippen LogP contribution in [0.2, 0.25) is 0 Å². The van der Waals surface area contributed by atoms with Gasteiger partial charge >= 0.3 is 6.61 Å². The van der Waals surface area contributed by atoms with E-state index in [0.717, 1.165) is 49.3 Å². The van der Waals surface area contributed by atoms with Gasteiger partial charge in [-0.1, -0.05) is 30.3 Å². The van der Waals surface area contributed by atoms with Crippen LogP contribution in [0.3, 0.4) is 0 Å². The van der Waals surface area contributed by atoms with Gasteiger partial charge in [-0.25, -0.2) is 13.2 Å². The lowest BCUT2D eigenvalue weighted by Gasteiger charge is -2.29. The van der Waals surface area contributed by atoms with Crippen molar-refractivity contribution in [3.05, 3.63) is 76.6 Å². The molecule has 0 N–H and O–H groups in total. The second-order valence-electron chi connectivity index (χ2n) is 9.64. The van der Waals surface area contributed by atoms with E-state index in [1.54, 1.807) is 13.2 Å². The predicted octanol–water partition coefficient (Wildman–Crippen LogP) is 8.34. The number of rotatable bonds is 10. The molecule has 0 radical (unpaired) electrons. The van der Waals surface area contributed by atoms with Crippen molar-refractivity contribution in [3.8, 4) is 5.75 Å². The van der Waals surface area contributed by atoms with Crippen LogP contribution in [0.1, 0.15) is 61.1 Å². The number of methoxy groups -OCH3 is 1. The van der Waals surface area contributed by atoms with Gasteiger partial charge in [-0.3, -0.25) is 0 Å². The van der Waals surface area contributed by atoms with Crippen molar-refractivity contribution in [2.45, 2.75) is 63.9 Å². The Labute approximate surface area is 208 Å². The molecule has 7 heteroatoms. The van der Waals surface area contributed by atoms with Crippen LogP contribution in [-0.4, -0.2) is 20.3 Å². The molecular formula is C29H31F5O2. The van der Waals surface area contributed by atoms with Gasteiger partial charge in [0.15, 0.2) is 17.4 Å². The van der Waals surface area contributed by atoms with Gasteiger partial charge in [-0.15, -0.1) is 0 Å². The number of hydrogen-bond donors (Lipinski definition) is 0. The Bertz CT molecular complexity index is 1150. The third-order valence-electron chi connectivity index (χ3n) is 7.29. The lowest BCUT2D eigenvalue weighted by Crippen LogP contribution is -2.14. The molecule has 0 saturated heterocycles. The fourth-order valence-corrected chi connectivity index (χ4v) is 5.34. The first-order chi connectivity index (χ1) is 17.4. The summed E-state index contributed by atoms with van der Waals surface area (Å²) in [6.07, 6.45) is 7.36. The molecule has 194 valence electrons. The first kappa shape index (κ1) is 26.4. The Kier molecular flexibility index (Phi) is 8.83. The first-order valence-corrected chi connectivity index (χ1v) is 12.5. The van der Waals surface area contributed by atoms with E-state index in [1.807, 2.05) is 18.2 Å². The van der Waals surface area contributed by atoms with Crippen molar-refractivity contribution in [1.82, 2.24) is 0 Å². The average molecular weight is 507 g/mol. The SMILES string of the molecule is COCCCC1CCC(c2ccc3c(F)c(CCc4cc(F)c(OC(F)F)c(F)c4)ccc3c2)CC1. The minimum atomic E-state index is -3.33. The molecule has 0 amide bonds. The Balaban J connectivity index is 1.41. The number of aryl methyl sites for hydroxylation is 2. The molecule has 3 aromatic rings. The van der Waals surface area contributed by atoms with E-state index in [9.17, 15) is 17.6 Å². The largest absolute Gasteiger partial charge is 0.429 e. The van der Waals surface area contributed by atoms with Crippen molar-refractivity contribution in [1.29, 1.82) is 0 Å². The third kappa shape index (κ3) is 6.36. The first-order valence-electron chi connectivity index (χ1n) is 12.5.